The highest BCUT2D eigenvalue weighted by Gasteiger charge is 2.40. The monoisotopic (exact) mass is 436 g/mol. The van der Waals surface area contributed by atoms with Crippen LogP contribution in [0.25, 0.3) is 11.4 Å². The van der Waals surface area contributed by atoms with Crippen LogP contribution < -0.4 is 4.72 Å². The second-order valence-electron chi connectivity index (χ2n) is 7.43. The number of aromatic nitrogens is 2. The molecule has 3 heterocycles. The average Bonchev–Trinajstić information content (AvgIpc) is 3.36. The summed E-state index contributed by atoms with van der Waals surface area (Å²) in [4.78, 5) is 18.4. The van der Waals surface area contributed by atoms with Gasteiger partial charge in [-0.15, -0.1) is 0 Å². The van der Waals surface area contributed by atoms with E-state index in [1.807, 2.05) is 0 Å². The maximum absolute atomic E-state index is 12.8. The van der Waals surface area contributed by atoms with Crippen LogP contribution in [0, 0.1) is 13.8 Å². The summed E-state index contributed by atoms with van der Waals surface area (Å²) >= 11 is 0. The molecule has 1 aromatic heterocycles. The highest BCUT2D eigenvalue weighted by molar-refractivity contribution is 7.89. The minimum absolute atomic E-state index is 0.0700. The first kappa shape index (κ1) is 20.9. The number of aryl methyl sites for hydroxylation is 2. The summed E-state index contributed by atoms with van der Waals surface area (Å²) in [7, 11) is -3.90. The molecule has 1 N–H and O–H groups in total. The Morgan fingerprint density at radius 3 is 2.53 bits per heavy atom. The lowest BCUT2D eigenvalue weighted by Gasteiger charge is -2.37. The van der Waals surface area contributed by atoms with Gasteiger partial charge >= 0.3 is 0 Å². The van der Waals surface area contributed by atoms with Crippen LogP contribution in [-0.2, 0) is 24.3 Å². The van der Waals surface area contributed by atoms with Crippen LogP contribution in [0.15, 0.2) is 27.6 Å². The van der Waals surface area contributed by atoms with E-state index < -0.39 is 15.8 Å². The van der Waals surface area contributed by atoms with Gasteiger partial charge in [-0.3, -0.25) is 4.79 Å². The molecule has 2 aromatic rings. The second kappa shape index (κ2) is 8.06. The molecule has 0 radical (unpaired) electrons. The normalized spacial score (nSPS) is 18.8. The molecule has 1 amide bonds. The first-order chi connectivity index (χ1) is 14.3. The van der Waals surface area contributed by atoms with Gasteiger partial charge in [0.1, 0.15) is 0 Å². The molecule has 0 saturated carbocycles. The molecule has 1 aromatic carbocycles. The predicted molar refractivity (Wildman–Crippen MR) is 105 cm³/mol. The molecule has 10 nitrogen and oxygen atoms in total. The number of rotatable bonds is 5. The lowest BCUT2D eigenvalue weighted by molar-refractivity contribution is -0.187. The number of nitrogens with one attached hydrogen (secondary N) is 1. The molecular weight excluding hydrogens is 412 g/mol. The smallest absolute Gasteiger partial charge is 0.241 e. The van der Waals surface area contributed by atoms with Crippen molar-refractivity contribution < 1.29 is 27.2 Å². The van der Waals surface area contributed by atoms with Crippen molar-refractivity contribution in [2.24, 2.45) is 0 Å². The summed E-state index contributed by atoms with van der Waals surface area (Å²) in [6.45, 7) is 5.09. The van der Waals surface area contributed by atoms with Crippen molar-refractivity contribution >= 4 is 15.9 Å². The average molecular weight is 436 g/mol. The molecule has 2 saturated heterocycles. The van der Waals surface area contributed by atoms with Gasteiger partial charge in [0.05, 0.1) is 24.7 Å². The summed E-state index contributed by atoms with van der Waals surface area (Å²) in [5.41, 5.74) is 1.07. The zero-order chi connectivity index (χ0) is 21.4. The van der Waals surface area contributed by atoms with Gasteiger partial charge < -0.3 is 18.9 Å². The number of piperidine rings is 1. The molecule has 2 fully saturated rings. The number of hydrogen-bond donors (Lipinski definition) is 1. The molecule has 1 spiro atoms. The third kappa shape index (κ3) is 4.24. The molecule has 162 valence electrons. The van der Waals surface area contributed by atoms with Crippen LogP contribution in [0.4, 0.5) is 0 Å². The highest BCUT2D eigenvalue weighted by atomic mass is 32.2. The van der Waals surface area contributed by atoms with Crippen molar-refractivity contribution in [1.29, 1.82) is 0 Å². The molecule has 0 atom stereocenters. The van der Waals surface area contributed by atoms with E-state index in [2.05, 4.69) is 14.9 Å². The summed E-state index contributed by atoms with van der Waals surface area (Å²) < 4.78 is 44.4. The molecule has 11 heteroatoms. The van der Waals surface area contributed by atoms with Gasteiger partial charge in [-0.2, -0.15) is 4.98 Å². The summed E-state index contributed by atoms with van der Waals surface area (Å²) in [5, 5.41) is 3.82. The Morgan fingerprint density at radius 2 is 1.90 bits per heavy atom. The molecule has 4 rings (SSSR count). The third-order valence-electron chi connectivity index (χ3n) is 5.37. The summed E-state index contributed by atoms with van der Waals surface area (Å²) in [6.07, 6.45) is 1.16. The molecular formula is C19H24N4O6S. The fourth-order valence-corrected chi connectivity index (χ4v) is 4.92. The number of carbonyl (C=O) groups is 1. The van der Waals surface area contributed by atoms with Crippen LogP contribution in [0.5, 0.6) is 0 Å². The lowest BCUT2D eigenvalue weighted by Crippen LogP contribution is -2.49. The van der Waals surface area contributed by atoms with Crippen LogP contribution in [0.1, 0.15) is 24.3 Å². The van der Waals surface area contributed by atoms with Crippen molar-refractivity contribution in [3.05, 3.63) is 29.7 Å². The standard InChI is InChI=1S/C19H24N4O6S/c1-13-3-4-15(18-21-14(2)29-22-18)11-16(13)30(25,26)20-12-17(24)23-7-5-19(6-8-23)27-9-10-28-19/h3-4,11,20H,5-10,12H2,1-2H3. The zero-order valence-corrected chi connectivity index (χ0v) is 17.7. The number of likely N-dealkylation sites (tertiary alicyclic amines) is 1. The van der Waals surface area contributed by atoms with Gasteiger partial charge in [-0.25, -0.2) is 13.1 Å². The summed E-state index contributed by atoms with van der Waals surface area (Å²) in [5.74, 6) is -0.176. The fourth-order valence-electron chi connectivity index (χ4n) is 3.67. The van der Waals surface area contributed by atoms with Crippen LogP contribution in [-0.4, -0.2) is 68.0 Å². The quantitative estimate of drug-likeness (QED) is 0.736. The topological polar surface area (TPSA) is 124 Å². The molecule has 2 aliphatic heterocycles. The maximum Gasteiger partial charge on any atom is 0.241 e. The Morgan fingerprint density at radius 1 is 1.20 bits per heavy atom. The van der Waals surface area contributed by atoms with Gasteiger partial charge in [-0.05, 0) is 18.6 Å². The molecule has 0 unspecified atom stereocenters. The minimum atomic E-state index is -3.90. The second-order valence-corrected chi connectivity index (χ2v) is 9.17. The van der Waals surface area contributed by atoms with E-state index in [0.717, 1.165) is 0 Å². The third-order valence-corrected chi connectivity index (χ3v) is 6.91. The van der Waals surface area contributed by atoms with Crippen LogP contribution >= 0.6 is 0 Å². The highest BCUT2D eigenvalue weighted by Crippen LogP contribution is 2.31. The van der Waals surface area contributed by atoms with Crippen molar-refractivity contribution in [1.82, 2.24) is 19.8 Å². The number of sulfonamides is 1. The van der Waals surface area contributed by atoms with E-state index in [1.54, 1.807) is 30.9 Å². The summed E-state index contributed by atoms with van der Waals surface area (Å²) in [6, 6.07) is 4.87. The first-order valence-corrected chi connectivity index (χ1v) is 11.2. The first-order valence-electron chi connectivity index (χ1n) is 9.75. The van der Waals surface area contributed by atoms with Crippen molar-refractivity contribution in [2.45, 2.75) is 37.4 Å². The Balaban J connectivity index is 1.41. The van der Waals surface area contributed by atoms with Crippen molar-refractivity contribution in [2.75, 3.05) is 32.8 Å². The number of hydrogen-bond acceptors (Lipinski definition) is 8. The molecule has 2 aliphatic rings. The molecule has 0 bridgehead atoms. The molecule has 0 aliphatic carbocycles. The van der Waals surface area contributed by atoms with Crippen LogP contribution in [0.3, 0.4) is 0 Å². The zero-order valence-electron chi connectivity index (χ0n) is 16.9. The Kier molecular flexibility index (Phi) is 5.62. The van der Waals surface area contributed by atoms with Crippen LogP contribution in [0.2, 0.25) is 0 Å². The Hall–Kier alpha value is -2.34. The van der Waals surface area contributed by atoms with Gasteiger partial charge in [0.2, 0.25) is 27.6 Å². The van der Waals surface area contributed by atoms with Crippen molar-refractivity contribution in [3.63, 3.8) is 0 Å². The van der Waals surface area contributed by atoms with E-state index in [-0.39, 0.29) is 17.3 Å². The number of benzene rings is 1. The number of ether oxygens (including phenoxy) is 2. The Labute approximate surface area is 174 Å². The van der Waals surface area contributed by atoms with E-state index in [9.17, 15) is 13.2 Å². The van der Waals surface area contributed by atoms with E-state index in [1.165, 1.54) is 6.07 Å². The van der Waals surface area contributed by atoms with Crippen molar-refractivity contribution in [3.8, 4) is 11.4 Å². The van der Waals surface area contributed by atoms with E-state index >= 15 is 0 Å². The number of carbonyl (C=O) groups excluding carboxylic acids is 1. The fraction of sp³-hybridized carbons (Fsp3) is 0.526. The predicted octanol–water partition coefficient (Wildman–Crippen LogP) is 0.997. The van der Waals surface area contributed by atoms with Gasteiger partial charge in [0, 0.05) is 38.4 Å². The minimum Gasteiger partial charge on any atom is -0.347 e. The lowest BCUT2D eigenvalue weighted by atomic mass is 10.0. The van der Waals surface area contributed by atoms with Gasteiger partial charge in [-0.1, -0.05) is 17.3 Å². The number of nitrogens with zero attached hydrogens (tertiary/aromatic N) is 3. The number of amides is 1. The van der Waals surface area contributed by atoms with Gasteiger partial charge in [0.25, 0.3) is 0 Å². The van der Waals surface area contributed by atoms with Gasteiger partial charge in [0.15, 0.2) is 5.79 Å². The SMILES string of the molecule is Cc1nc(-c2ccc(C)c(S(=O)(=O)NCC(=O)N3CCC4(CC3)OCCO4)c2)no1. The molecule has 30 heavy (non-hydrogen) atoms. The van der Waals surface area contributed by atoms with E-state index in [0.29, 0.717) is 62.0 Å². The Bertz CT molecular complexity index is 1040. The van der Waals surface area contributed by atoms with E-state index in [4.69, 9.17) is 14.0 Å². The largest absolute Gasteiger partial charge is 0.347 e. The maximum atomic E-state index is 12.8.